The number of hydrazone groups is 1. The highest BCUT2D eigenvalue weighted by Crippen LogP contribution is 2.28. The lowest BCUT2D eigenvalue weighted by molar-refractivity contribution is -0.684. The molecule has 1 amide bonds. The number of pyridine rings is 1. The van der Waals surface area contributed by atoms with Crippen LogP contribution in [0.4, 0.5) is 13.2 Å². The fourth-order valence-corrected chi connectivity index (χ4v) is 1.68. The summed E-state index contributed by atoms with van der Waals surface area (Å²) in [5.74, 6) is -0.334. The monoisotopic (exact) mass is 308 g/mol. The summed E-state index contributed by atoms with van der Waals surface area (Å²) in [5.41, 5.74) is 2.04. The number of benzene rings is 1. The van der Waals surface area contributed by atoms with Crippen molar-refractivity contribution in [1.82, 2.24) is 5.43 Å². The van der Waals surface area contributed by atoms with Gasteiger partial charge in [-0.1, -0.05) is 18.2 Å². The maximum Gasteiger partial charge on any atom is 0.416 e. The molecule has 0 saturated carbocycles. The quantitative estimate of drug-likeness (QED) is 0.525. The molecule has 0 spiro atoms. The minimum absolute atomic E-state index is 0.102. The molecule has 0 unspecified atom stereocenters. The SMILES string of the molecule is O=C(C[n+]1ccccc1)N/N=C/c1ccc(C(F)(F)F)cc1. The van der Waals surface area contributed by atoms with Crippen LogP contribution in [0.15, 0.2) is 60.0 Å². The van der Waals surface area contributed by atoms with Crippen molar-refractivity contribution >= 4 is 12.1 Å². The number of hydrogen-bond acceptors (Lipinski definition) is 2. The second-order valence-corrected chi connectivity index (χ2v) is 4.46. The van der Waals surface area contributed by atoms with Gasteiger partial charge in [0, 0.05) is 12.1 Å². The molecule has 1 heterocycles. The molecule has 2 aromatic rings. The van der Waals surface area contributed by atoms with Crippen molar-refractivity contribution in [2.24, 2.45) is 5.10 Å². The summed E-state index contributed by atoms with van der Waals surface area (Å²) in [5, 5.41) is 3.71. The van der Waals surface area contributed by atoms with Crippen molar-refractivity contribution < 1.29 is 22.5 Å². The summed E-state index contributed by atoms with van der Waals surface area (Å²) in [4.78, 5) is 11.6. The smallest absolute Gasteiger partial charge is 0.266 e. The third kappa shape index (κ3) is 4.69. The van der Waals surface area contributed by atoms with Crippen molar-refractivity contribution in [3.8, 4) is 0 Å². The van der Waals surface area contributed by atoms with Gasteiger partial charge in [-0.15, -0.1) is 0 Å². The molecule has 114 valence electrons. The first kappa shape index (κ1) is 15.7. The summed E-state index contributed by atoms with van der Waals surface area (Å²) in [7, 11) is 0. The Labute approximate surface area is 124 Å². The van der Waals surface area contributed by atoms with Crippen molar-refractivity contribution in [2.45, 2.75) is 12.7 Å². The molecule has 0 aliphatic heterocycles. The molecule has 0 fully saturated rings. The fourth-order valence-electron chi connectivity index (χ4n) is 1.68. The van der Waals surface area contributed by atoms with Crippen LogP contribution in [0.5, 0.6) is 0 Å². The van der Waals surface area contributed by atoms with Gasteiger partial charge in [0.15, 0.2) is 12.4 Å². The van der Waals surface area contributed by atoms with Crippen LogP contribution >= 0.6 is 0 Å². The van der Waals surface area contributed by atoms with Crippen molar-refractivity contribution in [3.63, 3.8) is 0 Å². The summed E-state index contributed by atoms with van der Waals surface area (Å²) in [6, 6.07) is 9.90. The number of alkyl halides is 3. The molecule has 0 bridgehead atoms. The molecule has 1 aromatic heterocycles. The number of amides is 1. The minimum Gasteiger partial charge on any atom is -0.266 e. The zero-order valence-electron chi connectivity index (χ0n) is 11.4. The highest BCUT2D eigenvalue weighted by Gasteiger charge is 2.29. The highest BCUT2D eigenvalue weighted by molar-refractivity contribution is 5.82. The summed E-state index contributed by atoms with van der Waals surface area (Å²) in [6.45, 7) is 0.102. The normalized spacial score (nSPS) is 11.6. The van der Waals surface area contributed by atoms with E-state index in [1.54, 1.807) is 29.1 Å². The van der Waals surface area contributed by atoms with E-state index in [-0.39, 0.29) is 12.5 Å². The number of hydrogen-bond donors (Lipinski definition) is 1. The maximum absolute atomic E-state index is 12.4. The number of aromatic nitrogens is 1. The molecule has 1 aromatic carbocycles. The Morgan fingerprint density at radius 3 is 2.36 bits per heavy atom. The number of carbonyl (C=O) groups is 1. The van der Waals surface area contributed by atoms with Gasteiger partial charge >= 0.3 is 12.1 Å². The predicted molar refractivity (Wildman–Crippen MR) is 73.8 cm³/mol. The summed E-state index contributed by atoms with van der Waals surface area (Å²) >= 11 is 0. The predicted octanol–water partition coefficient (Wildman–Crippen LogP) is 2.14. The first-order valence-corrected chi connectivity index (χ1v) is 6.38. The molecule has 7 heteroatoms. The van der Waals surface area contributed by atoms with E-state index < -0.39 is 11.7 Å². The van der Waals surface area contributed by atoms with E-state index in [0.717, 1.165) is 12.1 Å². The van der Waals surface area contributed by atoms with E-state index in [1.807, 2.05) is 6.07 Å². The van der Waals surface area contributed by atoms with E-state index in [9.17, 15) is 18.0 Å². The van der Waals surface area contributed by atoms with Crippen molar-refractivity contribution in [2.75, 3.05) is 0 Å². The zero-order chi connectivity index (χ0) is 16.0. The Bertz CT molecular complexity index is 652. The van der Waals surface area contributed by atoms with Crippen LogP contribution in [0.25, 0.3) is 0 Å². The van der Waals surface area contributed by atoms with Gasteiger partial charge in [-0.25, -0.2) is 5.43 Å². The molecule has 4 nitrogen and oxygen atoms in total. The summed E-state index contributed by atoms with van der Waals surface area (Å²) < 4.78 is 38.8. The Morgan fingerprint density at radius 1 is 1.14 bits per heavy atom. The van der Waals surface area contributed by atoms with Crippen LogP contribution in [-0.4, -0.2) is 12.1 Å². The molecule has 0 atom stereocenters. The third-order valence-electron chi connectivity index (χ3n) is 2.74. The molecule has 0 radical (unpaired) electrons. The van der Waals surface area contributed by atoms with E-state index in [1.165, 1.54) is 18.3 Å². The van der Waals surface area contributed by atoms with E-state index in [0.29, 0.717) is 5.56 Å². The lowest BCUT2D eigenvalue weighted by Gasteiger charge is -2.05. The Balaban J connectivity index is 1.88. The van der Waals surface area contributed by atoms with Gasteiger partial charge in [0.05, 0.1) is 11.8 Å². The molecular formula is C15H13F3N3O+. The first-order chi connectivity index (χ1) is 10.4. The number of rotatable bonds is 4. The van der Waals surface area contributed by atoms with Gasteiger partial charge in [0.25, 0.3) is 0 Å². The highest BCUT2D eigenvalue weighted by atomic mass is 19.4. The average molecular weight is 308 g/mol. The van der Waals surface area contributed by atoms with Crippen LogP contribution in [-0.2, 0) is 17.5 Å². The van der Waals surface area contributed by atoms with E-state index in [4.69, 9.17) is 0 Å². The molecule has 0 aliphatic rings. The molecular weight excluding hydrogens is 295 g/mol. The van der Waals surface area contributed by atoms with Gasteiger partial charge in [-0.3, -0.25) is 4.79 Å². The maximum atomic E-state index is 12.4. The van der Waals surface area contributed by atoms with Crippen molar-refractivity contribution in [3.05, 3.63) is 66.0 Å². The van der Waals surface area contributed by atoms with Gasteiger partial charge < -0.3 is 0 Å². The van der Waals surface area contributed by atoms with E-state index in [2.05, 4.69) is 10.5 Å². The number of carbonyl (C=O) groups excluding carboxylic acids is 1. The molecule has 2 rings (SSSR count). The Morgan fingerprint density at radius 2 is 1.77 bits per heavy atom. The van der Waals surface area contributed by atoms with Crippen LogP contribution in [0, 0.1) is 0 Å². The van der Waals surface area contributed by atoms with Crippen LogP contribution in [0.2, 0.25) is 0 Å². The Kier molecular flexibility index (Phi) is 4.88. The topological polar surface area (TPSA) is 45.3 Å². The van der Waals surface area contributed by atoms with Crippen LogP contribution in [0.1, 0.15) is 11.1 Å². The molecule has 22 heavy (non-hydrogen) atoms. The number of halogens is 3. The summed E-state index contributed by atoms with van der Waals surface area (Å²) in [6.07, 6.45) is 0.392. The lowest BCUT2D eigenvalue weighted by atomic mass is 10.1. The van der Waals surface area contributed by atoms with E-state index >= 15 is 0 Å². The molecule has 1 N–H and O–H groups in total. The lowest BCUT2D eigenvalue weighted by Crippen LogP contribution is -2.40. The van der Waals surface area contributed by atoms with Crippen LogP contribution < -0.4 is 9.99 Å². The Hall–Kier alpha value is -2.70. The second kappa shape index (κ2) is 6.84. The minimum atomic E-state index is -4.36. The zero-order valence-corrected chi connectivity index (χ0v) is 11.4. The van der Waals surface area contributed by atoms with Gasteiger partial charge in [-0.05, 0) is 17.7 Å². The van der Waals surface area contributed by atoms with Gasteiger partial charge in [0.2, 0.25) is 6.54 Å². The number of nitrogens with one attached hydrogen (secondary N) is 1. The van der Waals surface area contributed by atoms with Crippen LogP contribution in [0.3, 0.4) is 0 Å². The second-order valence-electron chi connectivity index (χ2n) is 4.46. The fraction of sp³-hybridized carbons (Fsp3) is 0.133. The van der Waals surface area contributed by atoms with Gasteiger partial charge in [-0.2, -0.15) is 22.8 Å². The largest absolute Gasteiger partial charge is 0.416 e. The first-order valence-electron chi connectivity index (χ1n) is 6.38. The third-order valence-corrected chi connectivity index (χ3v) is 2.74. The molecule has 0 aliphatic carbocycles. The number of nitrogens with zero attached hydrogens (tertiary/aromatic N) is 2. The van der Waals surface area contributed by atoms with Crippen molar-refractivity contribution in [1.29, 1.82) is 0 Å². The average Bonchev–Trinajstić information content (AvgIpc) is 2.48. The standard InChI is InChI=1S/C15H12F3N3O/c16-15(17,18)13-6-4-12(5-7-13)10-19-20-14(22)11-21-8-2-1-3-9-21/h1-10H,11H2/p+1/b19-10+. The van der Waals surface area contributed by atoms with Gasteiger partial charge in [0.1, 0.15) is 0 Å². The molecule has 0 saturated heterocycles.